The lowest BCUT2D eigenvalue weighted by Crippen LogP contribution is -2.56. The monoisotopic (exact) mass is 279 g/mol. The van der Waals surface area contributed by atoms with Crippen LogP contribution in [-0.2, 0) is 0 Å². The van der Waals surface area contributed by atoms with Crippen LogP contribution >= 0.6 is 0 Å². The molecule has 3 atom stereocenters. The van der Waals surface area contributed by atoms with E-state index in [0.717, 1.165) is 13.1 Å². The summed E-state index contributed by atoms with van der Waals surface area (Å²) in [5.41, 5.74) is 7.34. The standard InChI is InChI=1S/C15H29N5/c1-11(2)20-10-17-7-15(20)14(6-16)19-8-12(3)18(5)13(4)9-19/h7,10-14H,6,8-9,16H2,1-5H3. The van der Waals surface area contributed by atoms with E-state index in [9.17, 15) is 0 Å². The number of nitrogens with zero attached hydrogens (tertiary/aromatic N) is 4. The van der Waals surface area contributed by atoms with Gasteiger partial charge in [0.2, 0.25) is 0 Å². The molecule has 1 fully saturated rings. The van der Waals surface area contributed by atoms with E-state index in [1.165, 1.54) is 5.69 Å². The van der Waals surface area contributed by atoms with Crippen molar-refractivity contribution in [3.05, 3.63) is 18.2 Å². The van der Waals surface area contributed by atoms with Crippen LogP contribution in [0.2, 0.25) is 0 Å². The summed E-state index contributed by atoms with van der Waals surface area (Å²) in [6, 6.07) is 1.80. The minimum absolute atomic E-state index is 0.262. The van der Waals surface area contributed by atoms with Crippen LogP contribution in [0.1, 0.15) is 45.5 Å². The van der Waals surface area contributed by atoms with Crippen LogP contribution in [0.25, 0.3) is 0 Å². The van der Waals surface area contributed by atoms with Gasteiger partial charge in [-0.25, -0.2) is 4.98 Å². The molecule has 0 spiro atoms. The van der Waals surface area contributed by atoms with Crippen molar-refractivity contribution < 1.29 is 0 Å². The molecule has 1 aromatic heterocycles. The van der Waals surface area contributed by atoms with Gasteiger partial charge >= 0.3 is 0 Å². The highest BCUT2D eigenvalue weighted by Gasteiger charge is 2.32. The van der Waals surface area contributed by atoms with Crippen molar-refractivity contribution in [2.45, 2.75) is 51.9 Å². The normalized spacial score (nSPS) is 27.1. The van der Waals surface area contributed by atoms with Crippen LogP contribution in [-0.4, -0.2) is 58.1 Å². The Morgan fingerprint density at radius 2 is 1.90 bits per heavy atom. The zero-order valence-electron chi connectivity index (χ0n) is 13.5. The second-order valence-electron chi connectivity index (χ2n) is 6.39. The van der Waals surface area contributed by atoms with Gasteiger partial charge in [0.05, 0.1) is 18.1 Å². The van der Waals surface area contributed by atoms with E-state index in [-0.39, 0.29) is 6.04 Å². The molecule has 2 rings (SSSR count). The van der Waals surface area contributed by atoms with Crippen molar-refractivity contribution in [3.8, 4) is 0 Å². The Morgan fingerprint density at radius 3 is 2.40 bits per heavy atom. The van der Waals surface area contributed by atoms with Gasteiger partial charge in [-0.15, -0.1) is 0 Å². The maximum Gasteiger partial charge on any atom is 0.0951 e. The summed E-state index contributed by atoms with van der Waals surface area (Å²) in [4.78, 5) is 9.30. The summed E-state index contributed by atoms with van der Waals surface area (Å²) in [5, 5.41) is 0. The van der Waals surface area contributed by atoms with E-state index < -0.39 is 0 Å². The number of hydrogen-bond donors (Lipinski definition) is 1. The van der Waals surface area contributed by atoms with Crippen molar-refractivity contribution >= 4 is 0 Å². The first-order valence-corrected chi connectivity index (χ1v) is 7.63. The Hall–Kier alpha value is -0.910. The summed E-state index contributed by atoms with van der Waals surface area (Å²) in [6.07, 6.45) is 3.90. The molecular weight excluding hydrogens is 250 g/mol. The molecule has 0 bridgehead atoms. The van der Waals surface area contributed by atoms with Gasteiger partial charge in [-0.1, -0.05) is 0 Å². The molecule has 1 saturated heterocycles. The molecule has 0 saturated carbocycles. The van der Waals surface area contributed by atoms with Crippen molar-refractivity contribution in [2.24, 2.45) is 5.73 Å². The van der Waals surface area contributed by atoms with Gasteiger partial charge in [-0.05, 0) is 34.7 Å². The van der Waals surface area contributed by atoms with Gasteiger partial charge < -0.3 is 10.3 Å². The van der Waals surface area contributed by atoms with E-state index in [1.54, 1.807) is 0 Å². The molecule has 0 aliphatic carbocycles. The quantitative estimate of drug-likeness (QED) is 0.907. The van der Waals surface area contributed by atoms with Gasteiger partial charge in [0, 0.05) is 44.0 Å². The van der Waals surface area contributed by atoms with Gasteiger partial charge in [0.1, 0.15) is 0 Å². The van der Waals surface area contributed by atoms with Crippen LogP contribution in [0.5, 0.6) is 0 Å². The molecule has 2 heterocycles. The molecule has 5 nitrogen and oxygen atoms in total. The average molecular weight is 279 g/mol. The zero-order valence-corrected chi connectivity index (χ0v) is 13.5. The Bertz CT molecular complexity index is 416. The highest BCUT2D eigenvalue weighted by atomic mass is 15.3. The summed E-state index contributed by atoms with van der Waals surface area (Å²) >= 11 is 0. The number of imidazole rings is 1. The lowest BCUT2D eigenvalue weighted by molar-refractivity contribution is 0.0330. The molecule has 2 N–H and O–H groups in total. The third kappa shape index (κ3) is 2.90. The van der Waals surface area contributed by atoms with Gasteiger partial charge in [-0.2, -0.15) is 0 Å². The topological polar surface area (TPSA) is 50.3 Å². The molecule has 0 radical (unpaired) electrons. The molecule has 1 aliphatic rings. The lowest BCUT2D eigenvalue weighted by Gasteiger charge is -2.45. The third-order valence-electron chi connectivity index (χ3n) is 4.65. The second kappa shape index (κ2) is 6.24. The van der Waals surface area contributed by atoms with E-state index in [2.05, 4.69) is 54.1 Å². The highest BCUT2D eigenvalue weighted by Crippen LogP contribution is 2.26. The summed E-state index contributed by atoms with van der Waals surface area (Å²) < 4.78 is 2.24. The van der Waals surface area contributed by atoms with E-state index in [1.807, 2.05) is 12.5 Å². The average Bonchev–Trinajstić information content (AvgIpc) is 2.86. The van der Waals surface area contributed by atoms with Crippen molar-refractivity contribution in [1.29, 1.82) is 0 Å². The fourth-order valence-electron chi connectivity index (χ4n) is 3.16. The molecule has 5 heteroatoms. The third-order valence-corrected chi connectivity index (χ3v) is 4.65. The SMILES string of the molecule is CC1CN(C(CN)c2cncn2C(C)C)CC(C)N1C. The van der Waals surface area contributed by atoms with Crippen molar-refractivity contribution in [3.63, 3.8) is 0 Å². The van der Waals surface area contributed by atoms with Gasteiger partial charge in [-0.3, -0.25) is 9.80 Å². The predicted octanol–water partition coefficient (Wildman–Crippen LogP) is 1.49. The van der Waals surface area contributed by atoms with Gasteiger partial charge in [0.15, 0.2) is 0 Å². The van der Waals surface area contributed by atoms with Crippen LogP contribution in [0, 0.1) is 0 Å². The predicted molar refractivity (Wildman–Crippen MR) is 82.7 cm³/mol. The number of likely N-dealkylation sites (N-methyl/N-ethyl adjacent to an activating group) is 1. The minimum atomic E-state index is 0.262. The molecule has 1 aromatic rings. The van der Waals surface area contributed by atoms with Crippen molar-refractivity contribution in [2.75, 3.05) is 26.7 Å². The van der Waals surface area contributed by atoms with Crippen molar-refractivity contribution in [1.82, 2.24) is 19.4 Å². The summed E-state index contributed by atoms with van der Waals surface area (Å²) in [7, 11) is 2.21. The smallest absolute Gasteiger partial charge is 0.0951 e. The highest BCUT2D eigenvalue weighted by molar-refractivity contribution is 5.09. The fraction of sp³-hybridized carbons (Fsp3) is 0.800. The van der Waals surface area contributed by atoms with Crippen LogP contribution in [0.15, 0.2) is 12.5 Å². The van der Waals surface area contributed by atoms with E-state index >= 15 is 0 Å². The Balaban J connectivity index is 2.22. The first-order chi connectivity index (χ1) is 9.45. The molecule has 1 aliphatic heterocycles. The Kier molecular flexibility index (Phi) is 4.83. The Morgan fingerprint density at radius 1 is 1.30 bits per heavy atom. The number of nitrogens with two attached hydrogens (primary N) is 1. The molecule has 3 unspecified atom stereocenters. The molecule has 0 aromatic carbocycles. The number of hydrogen-bond acceptors (Lipinski definition) is 4. The maximum absolute atomic E-state index is 6.09. The van der Waals surface area contributed by atoms with E-state index in [4.69, 9.17) is 5.73 Å². The number of rotatable bonds is 4. The number of piperazine rings is 1. The second-order valence-corrected chi connectivity index (χ2v) is 6.39. The van der Waals surface area contributed by atoms with Gasteiger partial charge in [0.25, 0.3) is 0 Å². The lowest BCUT2D eigenvalue weighted by atomic mass is 10.0. The van der Waals surface area contributed by atoms with E-state index in [0.29, 0.717) is 24.7 Å². The van der Waals surface area contributed by atoms with Crippen LogP contribution < -0.4 is 5.73 Å². The molecule has 114 valence electrons. The maximum atomic E-state index is 6.09. The summed E-state index contributed by atoms with van der Waals surface area (Å²) in [5.74, 6) is 0. The molecular formula is C15H29N5. The Labute approximate surface area is 122 Å². The van der Waals surface area contributed by atoms with Crippen LogP contribution in [0.4, 0.5) is 0 Å². The zero-order chi connectivity index (χ0) is 14.9. The molecule has 0 amide bonds. The first kappa shape index (κ1) is 15.5. The van der Waals surface area contributed by atoms with Crippen LogP contribution in [0.3, 0.4) is 0 Å². The molecule has 20 heavy (non-hydrogen) atoms. The first-order valence-electron chi connectivity index (χ1n) is 7.63. The fourth-order valence-corrected chi connectivity index (χ4v) is 3.16. The minimum Gasteiger partial charge on any atom is -0.331 e. The number of aromatic nitrogens is 2. The largest absolute Gasteiger partial charge is 0.331 e. The summed E-state index contributed by atoms with van der Waals surface area (Å²) in [6.45, 7) is 11.7.